The molecule has 2 rings (SSSR count). The molecule has 1 aromatic rings. The maximum Gasteiger partial charge on any atom is 0.234 e. The van der Waals surface area contributed by atoms with E-state index in [9.17, 15) is 9.90 Å². The van der Waals surface area contributed by atoms with Crippen LogP contribution in [0.25, 0.3) is 0 Å². The zero-order valence-corrected chi connectivity index (χ0v) is 12.2. The smallest absolute Gasteiger partial charge is 0.234 e. The summed E-state index contributed by atoms with van der Waals surface area (Å²) in [4.78, 5) is 14.0. The zero-order chi connectivity index (χ0) is 14.5. The van der Waals surface area contributed by atoms with E-state index in [1.165, 1.54) is 0 Å². The number of rotatable bonds is 4. The summed E-state index contributed by atoms with van der Waals surface area (Å²) in [7, 11) is 0. The quantitative estimate of drug-likeness (QED) is 0.874. The highest BCUT2D eigenvalue weighted by Gasteiger charge is 2.29. The molecule has 1 amide bonds. The number of amides is 1. The zero-order valence-electron chi connectivity index (χ0n) is 12.2. The molecule has 110 valence electrons. The topological polar surface area (TPSA) is 52.6 Å². The van der Waals surface area contributed by atoms with Crippen molar-refractivity contribution in [3.8, 4) is 0 Å². The Labute approximate surface area is 120 Å². The van der Waals surface area contributed by atoms with Gasteiger partial charge in [0, 0.05) is 13.1 Å². The van der Waals surface area contributed by atoms with Gasteiger partial charge in [-0.05, 0) is 17.9 Å². The number of β-amino-alcohol motifs (C(OH)–C–C–N with tert-alkyl or cyclic N) is 1. The number of hydrogen-bond donors (Lipinski definition) is 2. The van der Waals surface area contributed by atoms with Crippen molar-refractivity contribution in [3.63, 3.8) is 0 Å². The number of hydrogen-bond acceptors (Lipinski definition) is 3. The van der Waals surface area contributed by atoms with Gasteiger partial charge in [-0.3, -0.25) is 9.69 Å². The summed E-state index contributed by atoms with van der Waals surface area (Å²) in [6, 6.07) is 9.91. The fraction of sp³-hybridized carbons (Fsp3) is 0.562. The third-order valence-electron chi connectivity index (χ3n) is 3.60. The summed E-state index contributed by atoms with van der Waals surface area (Å²) in [5, 5.41) is 13.3. The van der Waals surface area contributed by atoms with Crippen LogP contribution in [-0.2, 0) is 11.3 Å². The molecule has 0 aromatic heterocycles. The SMILES string of the molecule is CC(C)C[C@H]1NC(=O)CN(Cc2ccccc2)C[C@H]1O. The van der Waals surface area contributed by atoms with Gasteiger partial charge in [0.1, 0.15) is 0 Å². The molecule has 0 bridgehead atoms. The molecular weight excluding hydrogens is 252 g/mol. The minimum absolute atomic E-state index is 0.00290. The molecule has 20 heavy (non-hydrogen) atoms. The first-order valence-corrected chi connectivity index (χ1v) is 7.28. The van der Waals surface area contributed by atoms with Crippen LogP contribution in [0.5, 0.6) is 0 Å². The minimum Gasteiger partial charge on any atom is -0.390 e. The van der Waals surface area contributed by atoms with Gasteiger partial charge in [0.05, 0.1) is 18.7 Å². The first-order valence-electron chi connectivity index (χ1n) is 7.28. The largest absolute Gasteiger partial charge is 0.390 e. The van der Waals surface area contributed by atoms with Crippen LogP contribution in [0.15, 0.2) is 30.3 Å². The van der Waals surface area contributed by atoms with Gasteiger partial charge < -0.3 is 10.4 Å². The molecule has 0 aliphatic carbocycles. The van der Waals surface area contributed by atoms with E-state index in [1.54, 1.807) is 0 Å². The molecule has 0 saturated carbocycles. The summed E-state index contributed by atoms with van der Waals surface area (Å²) < 4.78 is 0. The number of carbonyl (C=O) groups is 1. The van der Waals surface area contributed by atoms with Crippen LogP contribution in [0.1, 0.15) is 25.8 Å². The summed E-state index contributed by atoms with van der Waals surface area (Å²) in [5.74, 6) is 0.457. The molecule has 0 unspecified atom stereocenters. The Morgan fingerprint density at radius 1 is 1.35 bits per heavy atom. The molecule has 1 aromatic carbocycles. The highest BCUT2D eigenvalue weighted by Crippen LogP contribution is 2.14. The van der Waals surface area contributed by atoms with Gasteiger partial charge >= 0.3 is 0 Å². The van der Waals surface area contributed by atoms with E-state index in [0.717, 1.165) is 12.0 Å². The highest BCUT2D eigenvalue weighted by molar-refractivity contribution is 5.78. The lowest BCUT2D eigenvalue weighted by atomic mass is 9.99. The summed E-state index contributed by atoms with van der Waals surface area (Å²) >= 11 is 0. The predicted molar refractivity (Wildman–Crippen MR) is 79.1 cm³/mol. The third-order valence-corrected chi connectivity index (χ3v) is 3.60. The number of nitrogens with one attached hydrogen (secondary N) is 1. The van der Waals surface area contributed by atoms with Gasteiger partial charge in [-0.1, -0.05) is 44.2 Å². The Morgan fingerprint density at radius 2 is 2.05 bits per heavy atom. The second kappa shape index (κ2) is 6.86. The Morgan fingerprint density at radius 3 is 2.70 bits per heavy atom. The van der Waals surface area contributed by atoms with E-state index in [4.69, 9.17) is 0 Å². The first-order chi connectivity index (χ1) is 9.54. The molecule has 4 nitrogen and oxygen atoms in total. The van der Waals surface area contributed by atoms with Gasteiger partial charge in [-0.25, -0.2) is 0 Å². The fourth-order valence-electron chi connectivity index (χ4n) is 2.69. The predicted octanol–water partition coefficient (Wildman–Crippen LogP) is 1.39. The summed E-state index contributed by atoms with van der Waals surface area (Å²) in [6.07, 6.45) is 0.305. The van der Waals surface area contributed by atoms with Crippen molar-refractivity contribution in [3.05, 3.63) is 35.9 Å². The Hall–Kier alpha value is -1.39. The molecule has 1 heterocycles. The van der Waals surface area contributed by atoms with Crippen molar-refractivity contribution < 1.29 is 9.90 Å². The second-order valence-electron chi connectivity index (χ2n) is 6.03. The number of carbonyl (C=O) groups excluding carboxylic acids is 1. The van der Waals surface area contributed by atoms with Crippen molar-refractivity contribution in [1.29, 1.82) is 0 Å². The second-order valence-corrected chi connectivity index (χ2v) is 6.03. The Balaban J connectivity index is 2.00. The van der Waals surface area contributed by atoms with Gasteiger partial charge in [-0.2, -0.15) is 0 Å². The average molecular weight is 276 g/mol. The van der Waals surface area contributed by atoms with Gasteiger partial charge in [0.15, 0.2) is 0 Å². The van der Waals surface area contributed by atoms with E-state index in [1.807, 2.05) is 35.2 Å². The van der Waals surface area contributed by atoms with Crippen LogP contribution in [0.2, 0.25) is 0 Å². The molecule has 1 fully saturated rings. The normalized spacial score (nSPS) is 24.5. The first kappa shape index (κ1) is 15.0. The van der Waals surface area contributed by atoms with E-state index in [0.29, 0.717) is 25.6 Å². The lowest BCUT2D eigenvalue weighted by Crippen LogP contribution is -2.43. The molecule has 0 spiro atoms. The van der Waals surface area contributed by atoms with Gasteiger partial charge in [0.25, 0.3) is 0 Å². The number of aliphatic hydroxyl groups is 1. The monoisotopic (exact) mass is 276 g/mol. The maximum atomic E-state index is 12.0. The lowest BCUT2D eigenvalue weighted by molar-refractivity contribution is -0.122. The van der Waals surface area contributed by atoms with Crippen molar-refractivity contribution in [1.82, 2.24) is 10.2 Å². The fourth-order valence-corrected chi connectivity index (χ4v) is 2.69. The standard InChI is InChI=1S/C16H24N2O2/c1-12(2)8-14-15(19)10-18(11-16(20)17-14)9-13-6-4-3-5-7-13/h3-7,12,14-15,19H,8-11H2,1-2H3,(H,17,20)/t14-,15-/m1/s1. The molecule has 2 N–H and O–H groups in total. The van der Waals surface area contributed by atoms with Crippen molar-refractivity contribution >= 4 is 5.91 Å². The van der Waals surface area contributed by atoms with E-state index >= 15 is 0 Å². The maximum absolute atomic E-state index is 12.0. The molecule has 0 radical (unpaired) electrons. The number of benzene rings is 1. The average Bonchev–Trinajstić information content (AvgIpc) is 2.49. The van der Waals surface area contributed by atoms with Crippen molar-refractivity contribution in [2.24, 2.45) is 5.92 Å². The van der Waals surface area contributed by atoms with Crippen molar-refractivity contribution in [2.45, 2.75) is 39.0 Å². The molecule has 1 saturated heterocycles. The molecular formula is C16H24N2O2. The molecule has 1 aliphatic rings. The molecule has 1 aliphatic heterocycles. The van der Waals surface area contributed by atoms with Gasteiger partial charge in [-0.15, -0.1) is 0 Å². The Bertz CT molecular complexity index is 433. The van der Waals surface area contributed by atoms with Crippen LogP contribution in [0.4, 0.5) is 0 Å². The minimum atomic E-state index is -0.507. The highest BCUT2D eigenvalue weighted by atomic mass is 16.3. The third kappa shape index (κ3) is 4.32. The van der Waals surface area contributed by atoms with Crippen LogP contribution < -0.4 is 5.32 Å². The Kier molecular flexibility index (Phi) is 5.15. The van der Waals surface area contributed by atoms with Crippen molar-refractivity contribution in [2.75, 3.05) is 13.1 Å². The van der Waals surface area contributed by atoms with Gasteiger partial charge in [0.2, 0.25) is 5.91 Å². The summed E-state index contributed by atoms with van der Waals surface area (Å²) in [6.45, 7) is 5.78. The van der Waals surface area contributed by atoms with Crippen LogP contribution >= 0.6 is 0 Å². The molecule has 4 heteroatoms. The van der Waals surface area contributed by atoms with E-state index in [2.05, 4.69) is 19.2 Å². The number of nitrogens with zero attached hydrogens (tertiary/aromatic N) is 1. The van der Waals surface area contributed by atoms with Crippen LogP contribution in [-0.4, -0.2) is 41.1 Å². The van der Waals surface area contributed by atoms with Crippen LogP contribution in [0.3, 0.4) is 0 Å². The number of aliphatic hydroxyl groups excluding tert-OH is 1. The van der Waals surface area contributed by atoms with E-state index < -0.39 is 6.10 Å². The lowest BCUT2D eigenvalue weighted by Gasteiger charge is -2.25. The molecule has 2 atom stereocenters. The van der Waals surface area contributed by atoms with E-state index in [-0.39, 0.29) is 11.9 Å². The summed E-state index contributed by atoms with van der Waals surface area (Å²) in [5.41, 5.74) is 1.16. The van der Waals surface area contributed by atoms with Crippen LogP contribution in [0, 0.1) is 5.92 Å².